The van der Waals surface area contributed by atoms with Gasteiger partial charge in [0.15, 0.2) is 0 Å². The molecule has 1 fully saturated rings. The van der Waals surface area contributed by atoms with Crippen molar-refractivity contribution < 1.29 is 23.6 Å². The lowest BCUT2D eigenvalue weighted by Gasteiger charge is -2.34. The molecule has 2 rings (SSSR count). The average molecular weight is 421 g/mol. The summed E-state index contributed by atoms with van der Waals surface area (Å²) in [5.74, 6) is -0.704. The molecule has 0 aromatic heterocycles. The first kappa shape index (κ1) is 23.3. The number of amides is 2. The van der Waals surface area contributed by atoms with Crippen molar-refractivity contribution in [1.82, 2.24) is 9.80 Å². The molecule has 0 atom stereocenters. The average Bonchev–Trinajstić information content (AvgIpc) is 2.65. The van der Waals surface area contributed by atoms with Crippen molar-refractivity contribution in [2.75, 3.05) is 26.7 Å². The molecule has 1 aromatic rings. The van der Waals surface area contributed by atoms with E-state index in [1.54, 1.807) is 16.8 Å². The van der Waals surface area contributed by atoms with Gasteiger partial charge in [-0.05, 0) is 57.7 Å². The number of piperidine rings is 1. The molecule has 0 aliphatic carbocycles. The number of benzene rings is 1. The van der Waals surface area contributed by atoms with Crippen LogP contribution in [0.1, 0.15) is 39.2 Å². The van der Waals surface area contributed by atoms with Crippen LogP contribution in [0.25, 0.3) is 6.08 Å². The van der Waals surface area contributed by atoms with Crippen molar-refractivity contribution in [2.24, 2.45) is 5.92 Å². The molecule has 0 bridgehead atoms. The number of hydrogen-bond donors (Lipinski definition) is 0. The highest BCUT2D eigenvalue weighted by Crippen LogP contribution is 2.22. The molecule has 9 heteroatoms. The standard InChI is InChI=1S/C21H28FN3O5/c1-21(2,3)30-20(27)23(4)14-15-9-11-24(12-10-15)19(26)8-6-16-5-7-17(22)13-18(16)25(28)29/h5-8,13,15H,9-12,14H2,1-4H3. The summed E-state index contributed by atoms with van der Waals surface area (Å²) < 4.78 is 18.6. The fourth-order valence-corrected chi connectivity index (χ4v) is 3.22. The summed E-state index contributed by atoms with van der Waals surface area (Å²) in [4.78, 5) is 38.1. The minimum atomic E-state index is -0.705. The van der Waals surface area contributed by atoms with Crippen LogP contribution in [0.15, 0.2) is 24.3 Å². The number of carbonyl (C=O) groups excluding carboxylic acids is 2. The Bertz CT molecular complexity index is 826. The van der Waals surface area contributed by atoms with Crippen LogP contribution in [-0.4, -0.2) is 59.0 Å². The van der Waals surface area contributed by atoms with Gasteiger partial charge in [0.1, 0.15) is 11.4 Å². The molecule has 1 aliphatic rings. The topological polar surface area (TPSA) is 93.0 Å². The van der Waals surface area contributed by atoms with E-state index in [4.69, 9.17) is 4.74 Å². The Kier molecular flexibility index (Phi) is 7.53. The number of carbonyl (C=O) groups is 2. The van der Waals surface area contributed by atoms with Gasteiger partial charge in [0.05, 0.1) is 16.6 Å². The fourth-order valence-electron chi connectivity index (χ4n) is 3.22. The smallest absolute Gasteiger partial charge is 0.410 e. The minimum Gasteiger partial charge on any atom is -0.444 e. The monoisotopic (exact) mass is 421 g/mol. The molecule has 1 aromatic carbocycles. The van der Waals surface area contributed by atoms with Crippen LogP contribution < -0.4 is 0 Å². The second-order valence-electron chi connectivity index (χ2n) is 8.42. The maximum atomic E-state index is 13.2. The van der Waals surface area contributed by atoms with Crippen molar-refractivity contribution in [3.63, 3.8) is 0 Å². The number of ether oxygens (including phenoxy) is 1. The van der Waals surface area contributed by atoms with E-state index >= 15 is 0 Å². The lowest BCUT2D eigenvalue weighted by molar-refractivity contribution is -0.385. The summed E-state index contributed by atoms with van der Waals surface area (Å²) in [5.41, 5.74) is -0.765. The number of halogens is 1. The number of likely N-dealkylation sites (tertiary alicyclic amines) is 1. The Hall–Kier alpha value is -2.97. The van der Waals surface area contributed by atoms with Crippen LogP contribution in [0, 0.1) is 21.8 Å². The Balaban J connectivity index is 1.88. The Morgan fingerprint density at radius 1 is 1.33 bits per heavy atom. The first-order chi connectivity index (χ1) is 14.0. The third-order valence-corrected chi connectivity index (χ3v) is 4.76. The largest absolute Gasteiger partial charge is 0.444 e. The molecule has 164 valence electrons. The van der Waals surface area contributed by atoms with Gasteiger partial charge in [-0.15, -0.1) is 0 Å². The summed E-state index contributed by atoms with van der Waals surface area (Å²) in [7, 11) is 1.70. The highest BCUT2D eigenvalue weighted by molar-refractivity contribution is 5.92. The van der Waals surface area contributed by atoms with Gasteiger partial charge < -0.3 is 14.5 Å². The predicted octanol–water partition coefficient (Wildman–Crippen LogP) is 3.85. The summed E-state index contributed by atoms with van der Waals surface area (Å²) in [6.07, 6.45) is 3.72. The first-order valence-corrected chi connectivity index (χ1v) is 9.81. The molecule has 1 aliphatic heterocycles. The van der Waals surface area contributed by atoms with Crippen molar-refractivity contribution >= 4 is 23.8 Å². The molecular formula is C21H28FN3O5. The number of nitro benzene ring substituents is 1. The number of nitro groups is 1. The molecule has 0 spiro atoms. The third-order valence-electron chi connectivity index (χ3n) is 4.76. The van der Waals surface area contributed by atoms with E-state index in [1.807, 2.05) is 20.8 Å². The van der Waals surface area contributed by atoms with E-state index in [0.717, 1.165) is 25.0 Å². The van der Waals surface area contributed by atoms with Gasteiger partial charge in [0.2, 0.25) is 5.91 Å². The Morgan fingerprint density at radius 3 is 2.53 bits per heavy atom. The zero-order chi connectivity index (χ0) is 22.5. The number of nitrogens with zero attached hydrogens (tertiary/aromatic N) is 3. The van der Waals surface area contributed by atoms with Crippen LogP contribution in [0.5, 0.6) is 0 Å². The maximum Gasteiger partial charge on any atom is 0.410 e. The van der Waals surface area contributed by atoms with E-state index in [-0.39, 0.29) is 29.2 Å². The van der Waals surface area contributed by atoms with Gasteiger partial charge in [-0.3, -0.25) is 14.9 Å². The van der Waals surface area contributed by atoms with Gasteiger partial charge in [0, 0.05) is 32.8 Å². The van der Waals surface area contributed by atoms with E-state index in [1.165, 1.54) is 18.2 Å². The van der Waals surface area contributed by atoms with Gasteiger partial charge in [0.25, 0.3) is 5.69 Å². The molecular weight excluding hydrogens is 393 g/mol. The fraction of sp³-hybridized carbons (Fsp3) is 0.524. The van der Waals surface area contributed by atoms with Gasteiger partial charge in [-0.1, -0.05) is 0 Å². The third kappa shape index (κ3) is 6.82. The van der Waals surface area contributed by atoms with Crippen LogP contribution in [0.2, 0.25) is 0 Å². The quantitative estimate of drug-likeness (QED) is 0.409. The lowest BCUT2D eigenvalue weighted by atomic mass is 9.96. The van der Waals surface area contributed by atoms with Crippen molar-refractivity contribution in [3.05, 3.63) is 45.8 Å². The lowest BCUT2D eigenvalue weighted by Crippen LogP contribution is -2.42. The summed E-state index contributed by atoms with van der Waals surface area (Å²) in [6, 6.07) is 3.22. The maximum absolute atomic E-state index is 13.2. The second-order valence-corrected chi connectivity index (χ2v) is 8.42. The number of hydrogen-bond acceptors (Lipinski definition) is 5. The van der Waals surface area contributed by atoms with E-state index in [2.05, 4.69) is 0 Å². The molecule has 1 saturated heterocycles. The van der Waals surface area contributed by atoms with Gasteiger partial charge in [-0.25, -0.2) is 9.18 Å². The Morgan fingerprint density at radius 2 is 1.97 bits per heavy atom. The summed E-state index contributed by atoms with van der Waals surface area (Å²) in [5, 5.41) is 11.0. The zero-order valence-corrected chi connectivity index (χ0v) is 17.8. The highest BCUT2D eigenvalue weighted by Gasteiger charge is 2.26. The molecule has 2 amide bonds. The molecule has 30 heavy (non-hydrogen) atoms. The number of rotatable bonds is 5. The molecule has 0 radical (unpaired) electrons. The normalized spacial score (nSPS) is 15.3. The van der Waals surface area contributed by atoms with Gasteiger partial charge >= 0.3 is 6.09 Å². The van der Waals surface area contributed by atoms with E-state index in [0.29, 0.717) is 19.6 Å². The molecule has 0 saturated carbocycles. The highest BCUT2D eigenvalue weighted by atomic mass is 19.1. The second kappa shape index (κ2) is 9.69. The van der Waals surface area contributed by atoms with Crippen LogP contribution in [0.4, 0.5) is 14.9 Å². The molecule has 0 unspecified atom stereocenters. The predicted molar refractivity (Wildman–Crippen MR) is 110 cm³/mol. The first-order valence-electron chi connectivity index (χ1n) is 9.81. The summed E-state index contributed by atoms with van der Waals surface area (Å²) in [6.45, 7) is 7.06. The molecule has 8 nitrogen and oxygen atoms in total. The van der Waals surface area contributed by atoms with Crippen LogP contribution in [-0.2, 0) is 9.53 Å². The van der Waals surface area contributed by atoms with Crippen LogP contribution in [0.3, 0.4) is 0 Å². The minimum absolute atomic E-state index is 0.170. The van der Waals surface area contributed by atoms with Crippen molar-refractivity contribution in [3.8, 4) is 0 Å². The zero-order valence-electron chi connectivity index (χ0n) is 17.8. The van der Waals surface area contributed by atoms with Gasteiger partial charge in [-0.2, -0.15) is 0 Å². The summed E-state index contributed by atoms with van der Waals surface area (Å²) >= 11 is 0. The van der Waals surface area contributed by atoms with Crippen LogP contribution >= 0.6 is 0 Å². The van der Waals surface area contributed by atoms with E-state index in [9.17, 15) is 24.1 Å². The van der Waals surface area contributed by atoms with Crippen molar-refractivity contribution in [2.45, 2.75) is 39.2 Å². The van der Waals surface area contributed by atoms with E-state index < -0.39 is 16.3 Å². The molecule has 1 heterocycles. The SMILES string of the molecule is CN(CC1CCN(C(=O)C=Cc2ccc(F)cc2[N+](=O)[O-])CC1)C(=O)OC(C)(C)C. The molecule has 0 N–H and O–H groups in total. The Labute approximate surface area is 175 Å². The van der Waals surface area contributed by atoms with Crippen molar-refractivity contribution in [1.29, 1.82) is 0 Å².